The van der Waals surface area contributed by atoms with Crippen LogP contribution in [0, 0.1) is 5.92 Å². The number of alkyl halides is 2. The fraction of sp³-hybridized carbons (Fsp3) is 0.400. The van der Waals surface area contributed by atoms with E-state index in [0.29, 0.717) is 28.3 Å². The number of hydrogen-bond donors (Lipinski definition) is 1. The molecule has 2 aromatic rings. The number of nitrogens with zero attached hydrogens (tertiary/aromatic N) is 2. The van der Waals surface area contributed by atoms with Crippen LogP contribution in [-0.4, -0.2) is 15.3 Å². The molecule has 114 valence electrons. The Morgan fingerprint density at radius 1 is 1.29 bits per heavy atom. The van der Waals surface area contributed by atoms with Crippen LogP contribution in [0.5, 0.6) is 0 Å². The zero-order chi connectivity index (χ0) is 15.4. The van der Waals surface area contributed by atoms with Gasteiger partial charge in [0, 0.05) is 10.9 Å². The minimum absolute atomic E-state index is 0.169. The smallest absolute Gasteiger partial charge is 0.288 e. The van der Waals surface area contributed by atoms with Gasteiger partial charge in [-0.15, -0.1) is 0 Å². The number of para-hydroxylation sites is 1. The number of aromatic nitrogens is 2. The van der Waals surface area contributed by atoms with Gasteiger partial charge in [-0.2, -0.15) is 8.78 Å². The molecule has 0 aliphatic carbocycles. The van der Waals surface area contributed by atoms with Crippen molar-refractivity contribution in [2.45, 2.75) is 37.0 Å². The van der Waals surface area contributed by atoms with Gasteiger partial charge >= 0.3 is 0 Å². The predicted octanol–water partition coefficient (Wildman–Crippen LogP) is 4.23. The van der Waals surface area contributed by atoms with E-state index >= 15 is 0 Å². The zero-order valence-electron chi connectivity index (χ0n) is 12.0. The Labute approximate surface area is 127 Å². The second-order valence-corrected chi connectivity index (χ2v) is 6.30. The Morgan fingerprint density at radius 3 is 2.67 bits per heavy atom. The average Bonchev–Trinajstić information content (AvgIpc) is 2.87. The summed E-state index contributed by atoms with van der Waals surface area (Å²) in [5.41, 5.74) is 7.74. The van der Waals surface area contributed by atoms with Gasteiger partial charge in [-0.05, 0) is 24.5 Å². The molecule has 0 aliphatic rings. The van der Waals surface area contributed by atoms with E-state index in [-0.39, 0.29) is 6.04 Å². The molecule has 0 saturated carbocycles. The van der Waals surface area contributed by atoms with Gasteiger partial charge in [0.15, 0.2) is 0 Å². The monoisotopic (exact) mass is 311 g/mol. The molecule has 0 spiro atoms. The number of nitrogens with two attached hydrogens (primary N) is 1. The summed E-state index contributed by atoms with van der Waals surface area (Å²) in [5.74, 6) is -2.00. The summed E-state index contributed by atoms with van der Waals surface area (Å²) in [5, 5.41) is 0. The molecule has 0 aliphatic heterocycles. The number of rotatable bonds is 6. The summed E-state index contributed by atoms with van der Waals surface area (Å²) >= 11 is 0.535. The molecule has 0 bridgehead atoms. The fourth-order valence-electron chi connectivity index (χ4n) is 2.26. The van der Waals surface area contributed by atoms with Crippen LogP contribution in [0.2, 0.25) is 0 Å². The van der Waals surface area contributed by atoms with E-state index in [1.165, 1.54) is 0 Å². The molecule has 0 saturated heterocycles. The molecular weight excluding hydrogens is 292 g/mol. The molecule has 0 fully saturated rings. The highest BCUT2D eigenvalue weighted by Crippen LogP contribution is 2.32. The highest BCUT2D eigenvalue weighted by molar-refractivity contribution is 7.99. The molecule has 0 amide bonds. The Morgan fingerprint density at radius 2 is 2.00 bits per heavy atom. The molecule has 1 unspecified atom stereocenters. The van der Waals surface area contributed by atoms with E-state index in [1.807, 2.05) is 6.07 Å². The summed E-state index contributed by atoms with van der Waals surface area (Å²) in [4.78, 5) is 4.65. The average molecular weight is 311 g/mol. The lowest BCUT2D eigenvalue weighted by molar-refractivity contribution is 0.252. The summed E-state index contributed by atoms with van der Waals surface area (Å²) in [6.07, 6.45) is 4.15. The van der Waals surface area contributed by atoms with Gasteiger partial charge in [0.1, 0.15) is 0 Å². The van der Waals surface area contributed by atoms with Crippen molar-refractivity contribution in [1.29, 1.82) is 0 Å². The van der Waals surface area contributed by atoms with Crippen LogP contribution in [0.25, 0.3) is 5.69 Å². The van der Waals surface area contributed by atoms with Gasteiger partial charge in [-0.3, -0.25) is 0 Å². The summed E-state index contributed by atoms with van der Waals surface area (Å²) in [7, 11) is 0. The standard InChI is InChI=1S/C15H19F2N3S/c1-10(2)7-11(18)13-8-19-9-20(13)12-5-3-4-6-14(12)21-15(16)17/h3-6,8-11,15H,7,18H2,1-2H3. The molecule has 1 atom stereocenters. The van der Waals surface area contributed by atoms with E-state index in [1.54, 1.807) is 35.3 Å². The summed E-state index contributed by atoms with van der Waals surface area (Å²) < 4.78 is 27.2. The van der Waals surface area contributed by atoms with E-state index in [0.717, 1.165) is 12.1 Å². The number of hydrogen-bond acceptors (Lipinski definition) is 3. The first kappa shape index (κ1) is 16.0. The third kappa shape index (κ3) is 4.04. The maximum absolute atomic E-state index is 12.7. The highest BCUT2D eigenvalue weighted by Gasteiger charge is 2.17. The second-order valence-electron chi connectivity index (χ2n) is 5.27. The molecule has 0 radical (unpaired) electrons. The number of halogens is 2. The van der Waals surface area contributed by atoms with Crippen LogP contribution in [0.4, 0.5) is 8.78 Å². The molecular formula is C15H19F2N3S. The van der Waals surface area contributed by atoms with Crippen molar-refractivity contribution in [3.63, 3.8) is 0 Å². The van der Waals surface area contributed by atoms with Crippen molar-refractivity contribution < 1.29 is 8.78 Å². The Kier molecular flexibility index (Phi) is 5.36. The van der Waals surface area contributed by atoms with Crippen LogP contribution < -0.4 is 5.73 Å². The largest absolute Gasteiger partial charge is 0.323 e. The van der Waals surface area contributed by atoms with Crippen molar-refractivity contribution in [2.24, 2.45) is 11.7 Å². The molecule has 2 rings (SSSR count). The topological polar surface area (TPSA) is 43.8 Å². The maximum Gasteiger partial charge on any atom is 0.288 e. The van der Waals surface area contributed by atoms with Gasteiger partial charge in [0.2, 0.25) is 0 Å². The van der Waals surface area contributed by atoms with Crippen molar-refractivity contribution in [3.05, 3.63) is 42.5 Å². The predicted molar refractivity (Wildman–Crippen MR) is 81.8 cm³/mol. The van der Waals surface area contributed by atoms with Crippen LogP contribution in [0.15, 0.2) is 41.7 Å². The molecule has 3 nitrogen and oxygen atoms in total. The van der Waals surface area contributed by atoms with Crippen molar-refractivity contribution in [2.75, 3.05) is 0 Å². The van der Waals surface area contributed by atoms with Crippen molar-refractivity contribution in [1.82, 2.24) is 9.55 Å². The lowest BCUT2D eigenvalue weighted by atomic mass is 10.0. The third-order valence-corrected chi connectivity index (χ3v) is 3.89. The summed E-state index contributed by atoms with van der Waals surface area (Å²) in [6.45, 7) is 4.20. The normalized spacial score (nSPS) is 13.1. The molecule has 6 heteroatoms. The molecule has 1 aromatic carbocycles. The fourth-order valence-corrected chi connectivity index (χ4v) is 2.90. The van der Waals surface area contributed by atoms with Crippen molar-refractivity contribution in [3.8, 4) is 5.69 Å². The van der Waals surface area contributed by atoms with E-state index in [2.05, 4.69) is 18.8 Å². The van der Waals surface area contributed by atoms with E-state index in [9.17, 15) is 8.78 Å². The molecule has 1 heterocycles. The lowest BCUT2D eigenvalue weighted by Gasteiger charge is -2.18. The minimum Gasteiger partial charge on any atom is -0.323 e. The molecule has 2 N–H and O–H groups in total. The number of imidazole rings is 1. The first-order valence-corrected chi connectivity index (χ1v) is 7.69. The van der Waals surface area contributed by atoms with Gasteiger partial charge < -0.3 is 10.3 Å². The van der Waals surface area contributed by atoms with E-state index in [4.69, 9.17) is 5.73 Å². The quantitative estimate of drug-likeness (QED) is 0.812. The maximum atomic E-state index is 12.7. The zero-order valence-corrected chi connectivity index (χ0v) is 12.9. The Balaban J connectivity index is 2.37. The van der Waals surface area contributed by atoms with Crippen LogP contribution in [0.3, 0.4) is 0 Å². The second kappa shape index (κ2) is 7.04. The van der Waals surface area contributed by atoms with Gasteiger partial charge in [0.05, 0.1) is 23.9 Å². The van der Waals surface area contributed by atoms with Crippen LogP contribution in [-0.2, 0) is 0 Å². The Hall–Kier alpha value is -1.40. The SMILES string of the molecule is CC(C)CC(N)c1cncn1-c1ccccc1SC(F)F. The Bertz CT molecular complexity index is 584. The first-order valence-electron chi connectivity index (χ1n) is 6.81. The van der Waals surface area contributed by atoms with Crippen LogP contribution in [0.1, 0.15) is 32.0 Å². The molecule has 21 heavy (non-hydrogen) atoms. The van der Waals surface area contributed by atoms with E-state index < -0.39 is 5.76 Å². The third-order valence-electron chi connectivity index (χ3n) is 3.11. The lowest BCUT2D eigenvalue weighted by Crippen LogP contribution is -2.16. The first-order chi connectivity index (χ1) is 9.99. The number of benzene rings is 1. The minimum atomic E-state index is -2.46. The van der Waals surface area contributed by atoms with Gasteiger partial charge in [0.25, 0.3) is 5.76 Å². The highest BCUT2D eigenvalue weighted by atomic mass is 32.2. The van der Waals surface area contributed by atoms with Crippen LogP contribution >= 0.6 is 11.8 Å². The van der Waals surface area contributed by atoms with Gasteiger partial charge in [-0.25, -0.2) is 4.98 Å². The molecule has 1 aromatic heterocycles. The summed E-state index contributed by atoms with van der Waals surface area (Å²) in [6, 6.07) is 6.89. The number of thioether (sulfide) groups is 1. The van der Waals surface area contributed by atoms with Gasteiger partial charge in [-0.1, -0.05) is 37.7 Å². The van der Waals surface area contributed by atoms with Crippen molar-refractivity contribution >= 4 is 11.8 Å².